The summed E-state index contributed by atoms with van der Waals surface area (Å²) in [5.41, 5.74) is 2.35. The molecule has 0 fully saturated rings. The van der Waals surface area contributed by atoms with Gasteiger partial charge in [0, 0.05) is 17.3 Å². The van der Waals surface area contributed by atoms with E-state index in [1.54, 1.807) is 24.4 Å². The van der Waals surface area contributed by atoms with E-state index in [1.165, 1.54) is 18.0 Å². The van der Waals surface area contributed by atoms with Crippen LogP contribution in [0.5, 0.6) is 5.88 Å². The van der Waals surface area contributed by atoms with Crippen molar-refractivity contribution in [2.24, 2.45) is 0 Å². The molecule has 0 saturated carbocycles. The number of benzene rings is 1. The van der Waals surface area contributed by atoms with Crippen LogP contribution in [0.15, 0.2) is 48.8 Å². The molecule has 0 aliphatic carbocycles. The van der Waals surface area contributed by atoms with Crippen LogP contribution in [0.1, 0.15) is 21.5 Å². The van der Waals surface area contributed by atoms with Crippen molar-refractivity contribution in [3.05, 3.63) is 70.5 Å². The van der Waals surface area contributed by atoms with E-state index in [-0.39, 0.29) is 0 Å². The molecule has 2 heterocycles. The number of hydrogen-bond donors (Lipinski definition) is 0. The fourth-order valence-electron chi connectivity index (χ4n) is 2.24. The highest BCUT2D eigenvalue weighted by Crippen LogP contribution is 2.20. The van der Waals surface area contributed by atoms with Crippen molar-refractivity contribution in [3.63, 3.8) is 0 Å². The highest BCUT2D eigenvalue weighted by molar-refractivity contribution is 6.31. The lowest BCUT2D eigenvalue weighted by atomic mass is 10.2. The standard InChI is InChI=1S/C18H16ClN3O3/c1-12-3-4-13(9-15(12)19)11-25-17-6-8-21-22(17)16-10-14(5-7-20-16)18(23)24-2/h3-10H,11H2,1-2H3. The molecule has 2 aromatic heterocycles. The van der Waals surface area contributed by atoms with E-state index < -0.39 is 5.97 Å². The van der Waals surface area contributed by atoms with Crippen molar-refractivity contribution in [1.29, 1.82) is 0 Å². The van der Waals surface area contributed by atoms with Crippen LogP contribution in [-0.4, -0.2) is 27.8 Å². The van der Waals surface area contributed by atoms with E-state index in [0.717, 1.165) is 11.1 Å². The molecule has 0 unspecified atom stereocenters. The predicted octanol–water partition coefficient (Wildman–Crippen LogP) is 3.59. The first-order valence-electron chi connectivity index (χ1n) is 7.55. The van der Waals surface area contributed by atoms with Crippen molar-refractivity contribution in [2.75, 3.05) is 7.11 Å². The molecule has 0 atom stereocenters. The van der Waals surface area contributed by atoms with Gasteiger partial charge in [0.1, 0.15) is 6.61 Å². The van der Waals surface area contributed by atoms with Gasteiger partial charge in [-0.1, -0.05) is 23.7 Å². The van der Waals surface area contributed by atoms with Gasteiger partial charge >= 0.3 is 5.97 Å². The van der Waals surface area contributed by atoms with E-state index in [2.05, 4.69) is 10.1 Å². The second-order valence-electron chi connectivity index (χ2n) is 5.35. The van der Waals surface area contributed by atoms with Crippen LogP contribution in [-0.2, 0) is 11.3 Å². The van der Waals surface area contributed by atoms with Gasteiger partial charge in [-0.2, -0.15) is 9.78 Å². The molecule has 128 valence electrons. The van der Waals surface area contributed by atoms with Crippen molar-refractivity contribution >= 4 is 17.6 Å². The van der Waals surface area contributed by atoms with Crippen LogP contribution >= 0.6 is 11.6 Å². The number of esters is 1. The van der Waals surface area contributed by atoms with E-state index in [4.69, 9.17) is 21.1 Å². The molecule has 7 heteroatoms. The van der Waals surface area contributed by atoms with E-state index in [0.29, 0.717) is 28.9 Å². The molecular formula is C18H16ClN3O3. The van der Waals surface area contributed by atoms with Gasteiger partial charge in [-0.3, -0.25) is 0 Å². The molecule has 0 aliphatic heterocycles. The quantitative estimate of drug-likeness (QED) is 0.653. The Kier molecular flexibility index (Phi) is 5.00. The lowest BCUT2D eigenvalue weighted by Gasteiger charge is -2.10. The maximum absolute atomic E-state index is 11.7. The van der Waals surface area contributed by atoms with Gasteiger partial charge in [0.25, 0.3) is 0 Å². The van der Waals surface area contributed by atoms with Crippen molar-refractivity contribution < 1.29 is 14.3 Å². The average Bonchev–Trinajstić information content (AvgIpc) is 3.10. The summed E-state index contributed by atoms with van der Waals surface area (Å²) in [6.45, 7) is 2.28. The molecule has 0 saturated heterocycles. The summed E-state index contributed by atoms with van der Waals surface area (Å²) in [5, 5.41) is 4.90. The minimum atomic E-state index is -0.437. The Labute approximate surface area is 150 Å². The van der Waals surface area contributed by atoms with E-state index in [1.807, 2.05) is 25.1 Å². The Morgan fingerprint density at radius 2 is 2.04 bits per heavy atom. The molecule has 0 aliphatic rings. The van der Waals surface area contributed by atoms with Gasteiger partial charge in [-0.15, -0.1) is 0 Å². The second-order valence-corrected chi connectivity index (χ2v) is 5.75. The molecule has 0 amide bonds. The van der Waals surface area contributed by atoms with Crippen LogP contribution < -0.4 is 4.74 Å². The average molecular weight is 358 g/mol. The number of halogens is 1. The topological polar surface area (TPSA) is 66.2 Å². The smallest absolute Gasteiger partial charge is 0.338 e. The number of rotatable bonds is 5. The molecule has 0 radical (unpaired) electrons. The summed E-state index contributed by atoms with van der Waals surface area (Å²) in [5.74, 6) is 0.531. The molecule has 0 bridgehead atoms. The highest BCUT2D eigenvalue weighted by Gasteiger charge is 2.12. The molecule has 1 aromatic carbocycles. The first kappa shape index (κ1) is 17.0. The van der Waals surface area contributed by atoms with E-state index >= 15 is 0 Å². The molecule has 3 aromatic rings. The molecule has 0 spiro atoms. The number of methoxy groups -OCH3 is 1. The minimum Gasteiger partial charge on any atom is -0.473 e. The number of hydrogen-bond acceptors (Lipinski definition) is 5. The van der Waals surface area contributed by atoms with Crippen molar-refractivity contribution in [2.45, 2.75) is 13.5 Å². The maximum atomic E-state index is 11.7. The number of ether oxygens (including phenoxy) is 2. The molecule has 0 N–H and O–H groups in total. The molecule has 6 nitrogen and oxygen atoms in total. The van der Waals surface area contributed by atoms with Crippen LogP contribution in [0.3, 0.4) is 0 Å². The summed E-state index contributed by atoms with van der Waals surface area (Å²) in [7, 11) is 1.33. The fraction of sp³-hybridized carbons (Fsp3) is 0.167. The fourth-order valence-corrected chi connectivity index (χ4v) is 2.44. The van der Waals surface area contributed by atoms with Crippen molar-refractivity contribution in [1.82, 2.24) is 14.8 Å². The van der Waals surface area contributed by atoms with Gasteiger partial charge in [0.15, 0.2) is 5.82 Å². The normalized spacial score (nSPS) is 10.5. The zero-order valence-corrected chi connectivity index (χ0v) is 14.5. The lowest BCUT2D eigenvalue weighted by molar-refractivity contribution is 0.0600. The lowest BCUT2D eigenvalue weighted by Crippen LogP contribution is -2.07. The highest BCUT2D eigenvalue weighted by atomic mass is 35.5. The number of carbonyl (C=O) groups is 1. The monoisotopic (exact) mass is 357 g/mol. The first-order chi connectivity index (χ1) is 12.1. The Bertz CT molecular complexity index is 908. The molecular weight excluding hydrogens is 342 g/mol. The Morgan fingerprint density at radius 1 is 1.20 bits per heavy atom. The van der Waals surface area contributed by atoms with Gasteiger partial charge in [-0.25, -0.2) is 9.78 Å². The predicted molar refractivity (Wildman–Crippen MR) is 93.2 cm³/mol. The number of carbonyl (C=O) groups excluding carboxylic acids is 1. The number of aromatic nitrogens is 3. The summed E-state index contributed by atoms with van der Waals surface area (Å²) < 4.78 is 12.1. The third kappa shape index (κ3) is 3.80. The SMILES string of the molecule is COC(=O)c1ccnc(-n2nccc2OCc2ccc(C)c(Cl)c2)c1. The summed E-state index contributed by atoms with van der Waals surface area (Å²) in [6.07, 6.45) is 3.12. The largest absolute Gasteiger partial charge is 0.473 e. The zero-order valence-electron chi connectivity index (χ0n) is 13.8. The van der Waals surface area contributed by atoms with Crippen LogP contribution in [0, 0.1) is 6.92 Å². The summed E-state index contributed by atoms with van der Waals surface area (Å²) in [4.78, 5) is 15.9. The third-order valence-electron chi connectivity index (χ3n) is 3.61. The zero-order chi connectivity index (χ0) is 17.8. The molecule has 3 rings (SSSR count). The van der Waals surface area contributed by atoms with Gasteiger partial charge < -0.3 is 9.47 Å². The van der Waals surface area contributed by atoms with Gasteiger partial charge in [-0.05, 0) is 36.2 Å². The van der Waals surface area contributed by atoms with Gasteiger partial charge in [0.2, 0.25) is 5.88 Å². The van der Waals surface area contributed by atoms with E-state index in [9.17, 15) is 4.79 Å². The van der Waals surface area contributed by atoms with Crippen LogP contribution in [0.2, 0.25) is 5.02 Å². The number of aryl methyl sites for hydroxylation is 1. The Hall–Kier alpha value is -2.86. The minimum absolute atomic E-state index is 0.336. The Balaban J connectivity index is 1.81. The van der Waals surface area contributed by atoms with Crippen LogP contribution in [0.25, 0.3) is 5.82 Å². The van der Waals surface area contributed by atoms with Crippen molar-refractivity contribution in [3.8, 4) is 11.7 Å². The van der Waals surface area contributed by atoms with Gasteiger partial charge in [0.05, 0.1) is 18.9 Å². The molecule has 25 heavy (non-hydrogen) atoms. The number of nitrogens with zero attached hydrogens (tertiary/aromatic N) is 3. The number of pyridine rings is 1. The Morgan fingerprint density at radius 3 is 2.80 bits per heavy atom. The summed E-state index contributed by atoms with van der Waals surface area (Å²) in [6, 6.07) is 10.7. The third-order valence-corrected chi connectivity index (χ3v) is 4.02. The van der Waals surface area contributed by atoms with Crippen LogP contribution in [0.4, 0.5) is 0 Å². The maximum Gasteiger partial charge on any atom is 0.338 e. The summed E-state index contributed by atoms with van der Waals surface area (Å²) >= 11 is 6.14. The first-order valence-corrected chi connectivity index (χ1v) is 7.93. The second kappa shape index (κ2) is 7.36.